The van der Waals surface area contributed by atoms with E-state index in [2.05, 4.69) is 33.1 Å². The van der Waals surface area contributed by atoms with Crippen LogP contribution in [-0.2, 0) is 11.3 Å². The number of hydrogen-bond donors (Lipinski definition) is 1. The Balaban J connectivity index is 1.22. The summed E-state index contributed by atoms with van der Waals surface area (Å²) < 4.78 is 0. The number of carbonyl (C=O) groups is 1. The highest BCUT2D eigenvalue weighted by Crippen LogP contribution is 2.43. The van der Waals surface area contributed by atoms with Gasteiger partial charge in [-0.15, -0.1) is 0 Å². The van der Waals surface area contributed by atoms with Crippen LogP contribution in [0.2, 0.25) is 0 Å². The lowest BCUT2D eigenvalue weighted by Crippen LogP contribution is -2.51. The molecule has 1 aromatic heterocycles. The molecule has 0 radical (unpaired) electrons. The highest BCUT2D eigenvalue weighted by Gasteiger charge is 2.37. The van der Waals surface area contributed by atoms with Gasteiger partial charge in [0.2, 0.25) is 5.91 Å². The van der Waals surface area contributed by atoms with Gasteiger partial charge in [0, 0.05) is 38.1 Å². The third-order valence-corrected chi connectivity index (χ3v) is 7.83. The fraction of sp³-hybridized carbons (Fsp3) is 0.750. The number of pyridine rings is 1. The standard InChI is InChI=1S/C24H38N4O/c1-2-24(10-5-11-24)19-26-23(29)21-7-4-13-28(18-21)22-8-14-27(15-9-22)17-20-6-3-12-25-16-20/h3,6,12,16,21-22H,2,4-5,7-11,13-15,17-19H2,1H3,(H,26,29)/t21-/m1/s1. The third kappa shape index (κ3) is 5.18. The summed E-state index contributed by atoms with van der Waals surface area (Å²) in [7, 11) is 0. The second kappa shape index (κ2) is 9.57. The van der Waals surface area contributed by atoms with Gasteiger partial charge in [-0.3, -0.25) is 19.6 Å². The summed E-state index contributed by atoms with van der Waals surface area (Å²) in [5.74, 6) is 0.495. The first-order chi connectivity index (χ1) is 14.2. The molecule has 3 heterocycles. The summed E-state index contributed by atoms with van der Waals surface area (Å²) in [5, 5.41) is 3.32. The molecule has 0 spiro atoms. The van der Waals surface area contributed by atoms with Crippen molar-refractivity contribution in [3.05, 3.63) is 30.1 Å². The predicted molar refractivity (Wildman–Crippen MR) is 116 cm³/mol. The minimum absolute atomic E-state index is 0.186. The molecular weight excluding hydrogens is 360 g/mol. The number of hydrogen-bond acceptors (Lipinski definition) is 4. The molecule has 5 nitrogen and oxygen atoms in total. The number of carbonyl (C=O) groups excluding carboxylic acids is 1. The molecule has 0 aromatic carbocycles. The largest absolute Gasteiger partial charge is 0.355 e. The van der Waals surface area contributed by atoms with Gasteiger partial charge < -0.3 is 5.32 Å². The summed E-state index contributed by atoms with van der Waals surface area (Å²) in [5.41, 5.74) is 1.71. The van der Waals surface area contributed by atoms with Gasteiger partial charge in [-0.25, -0.2) is 0 Å². The Kier molecular flexibility index (Phi) is 6.86. The number of nitrogens with zero attached hydrogens (tertiary/aromatic N) is 3. The second-order valence-electron chi connectivity index (χ2n) is 9.63. The van der Waals surface area contributed by atoms with Crippen molar-refractivity contribution in [2.45, 2.75) is 70.9 Å². The van der Waals surface area contributed by atoms with E-state index in [4.69, 9.17) is 0 Å². The fourth-order valence-corrected chi connectivity index (χ4v) is 5.50. The fourth-order valence-electron chi connectivity index (χ4n) is 5.50. The van der Waals surface area contributed by atoms with Gasteiger partial charge in [-0.2, -0.15) is 0 Å². The summed E-state index contributed by atoms with van der Waals surface area (Å²) in [6, 6.07) is 4.83. The zero-order valence-electron chi connectivity index (χ0n) is 18.1. The van der Waals surface area contributed by atoms with Crippen molar-refractivity contribution in [3.8, 4) is 0 Å². The van der Waals surface area contributed by atoms with Crippen molar-refractivity contribution in [3.63, 3.8) is 0 Å². The Morgan fingerprint density at radius 1 is 1.21 bits per heavy atom. The maximum atomic E-state index is 12.8. The molecule has 4 rings (SSSR count). The Morgan fingerprint density at radius 3 is 2.69 bits per heavy atom. The van der Waals surface area contributed by atoms with E-state index in [-0.39, 0.29) is 5.92 Å². The number of piperidine rings is 2. The van der Waals surface area contributed by atoms with Crippen LogP contribution in [-0.4, -0.2) is 59.5 Å². The number of likely N-dealkylation sites (tertiary alicyclic amines) is 2. The van der Waals surface area contributed by atoms with Crippen molar-refractivity contribution in [2.24, 2.45) is 11.3 Å². The van der Waals surface area contributed by atoms with Crippen LogP contribution in [0, 0.1) is 11.3 Å². The minimum Gasteiger partial charge on any atom is -0.355 e. The van der Waals surface area contributed by atoms with Crippen LogP contribution in [0.15, 0.2) is 24.5 Å². The Bertz CT molecular complexity index is 647. The first kappa shape index (κ1) is 20.8. The topological polar surface area (TPSA) is 48.5 Å². The second-order valence-corrected chi connectivity index (χ2v) is 9.63. The minimum atomic E-state index is 0.186. The van der Waals surface area contributed by atoms with Crippen LogP contribution in [0.5, 0.6) is 0 Å². The molecule has 0 unspecified atom stereocenters. The van der Waals surface area contributed by atoms with Gasteiger partial charge in [-0.1, -0.05) is 19.4 Å². The van der Waals surface area contributed by atoms with Crippen LogP contribution in [0.1, 0.15) is 63.9 Å². The SMILES string of the molecule is CCC1(CNC(=O)[C@@H]2CCCN(C3CCN(Cc4cccnc4)CC3)C2)CCC1. The first-order valence-electron chi connectivity index (χ1n) is 11.8. The van der Waals surface area contributed by atoms with E-state index in [9.17, 15) is 4.79 Å². The zero-order valence-corrected chi connectivity index (χ0v) is 18.1. The van der Waals surface area contributed by atoms with E-state index in [0.717, 1.165) is 52.1 Å². The summed E-state index contributed by atoms with van der Waals surface area (Å²) in [6.45, 7) is 8.58. The van der Waals surface area contributed by atoms with E-state index < -0.39 is 0 Å². The predicted octanol–water partition coefficient (Wildman–Crippen LogP) is 3.45. The Morgan fingerprint density at radius 2 is 2.03 bits per heavy atom. The molecule has 3 aliphatic rings. The van der Waals surface area contributed by atoms with Gasteiger partial charge in [0.25, 0.3) is 0 Å². The number of aromatic nitrogens is 1. The lowest BCUT2D eigenvalue weighted by atomic mass is 9.67. The molecule has 1 aliphatic carbocycles. The van der Waals surface area contributed by atoms with E-state index in [1.807, 2.05) is 18.5 Å². The molecule has 2 aliphatic heterocycles. The maximum Gasteiger partial charge on any atom is 0.224 e. The lowest BCUT2D eigenvalue weighted by Gasteiger charge is -2.43. The molecular formula is C24H38N4O. The lowest BCUT2D eigenvalue weighted by molar-refractivity contribution is -0.128. The number of amides is 1. The van der Waals surface area contributed by atoms with E-state index in [0.29, 0.717) is 17.4 Å². The van der Waals surface area contributed by atoms with E-state index in [1.165, 1.54) is 44.1 Å². The molecule has 1 N–H and O–H groups in total. The maximum absolute atomic E-state index is 12.8. The monoisotopic (exact) mass is 398 g/mol. The van der Waals surface area contributed by atoms with Crippen LogP contribution < -0.4 is 5.32 Å². The van der Waals surface area contributed by atoms with Crippen molar-refractivity contribution < 1.29 is 4.79 Å². The highest BCUT2D eigenvalue weighted by molar-refractivity contribution is 5.79. The molecule has 0 bridgehead atoms. The quantitative estimate of drug-likeness (QED) is 0.764. The van der Waals surface area contributed by atoms with Gasteiger partial charge in [0.05, 0.1) is 5.92 Å². The molecule has 1 amide bonds. The van der Waals surface area contributed by atoms with E-state index >= 15 is 0 Å². The summed E-state index contributed by atoms with van der Waals surface area (Å²) >= 11 is 0. The average molecular weight is 399 g/mol. The Hall–Kier alpha value is -1.46. The normalized spacial score (nSPS) is 26.0. The van der Waals surface area contributed by atoms with Gasteiger partial charge in [0.15, 0.2) is 0 Å². The van der Waals surface area contributed by atoms with E-state index in [1.54, 1.807) is 0 Å². The number of nitrogens with one attached hydrogen (secondary N) is 1. The number of rotatable bonds is 7. The summed E-state index contributed by atoms with van der Waals surface area (Å²) in [4.78, 5) is 22.2. The molecule has 5 heteroatoms. The first-order valence-corrected chi connectivity index (χ1v) is 11.8. The molecule has 2 saturated heterocycles. The van der Waals surface area contributed by atoms with Crippen LogP contribution in [0.4, 0.5) is 0 Å². The van der Waals surface area contributed by atoms with Crippen LogP contribution in [0.3, 0.4) is 0 Å². The van der Waals surface area contributed by atoms with Gasteiger partial charge >= 0.3 is 0 Å². The summed E-state index contributed by atoms with van der Waals surface area (Å²) in [6.07, 6.45) is 13.6. The smallest absolute Gasteiger partial charge is 0.224 e. The molecule has 1 atom stereocenters. The molecule has 1 aromatic rings. The van der Waals surface area contributed by atoms with Crippen molar-refractivity contribution in [2.75, 3.05) is 32.7 Å². The Labute approximate surface area is 176 Å². The van der Waals surface area contributed by atoms with Gasteiger partial charge in [0.1, 0.15) is 0 Å². The zero-order chi connectivity index (χ0) is 20.1. The third-order valence-electron chi connectivity index (χ3n) is 7.83. The highest BCUT2D eigenvalue weighted by atomic mass is 16.1. The molecule has 3 fully saturated rings. The van der Waals surface area contributed by atoms with Crippen molar-refractivity contribution in [1.82, 2.24) is 20.1 Å². The molecule has 1 saturated carbocycles. The van der Waals surface area contributed by atoms with Gasteiger partial charge in [-0.05, 0) is 81.6 Å². The van der Waals surface area contributed by atoms with Crippen molar-refractivity contribution in [1.29, 1.82) is 0 Å². The van der Waals surface area contributed by atoms with Crippen molar-refractivity contribution >= 4 is 5.91 Å². The molecule has 160 valence electrons. The average Bonchev–Trinajstić information content (AvgIpc) is 2.74. The van der Waals surface area contributed by atoms with Crippen LogP contribution >= 0.6 is 0 Å². The molecule has 29 heavy (non-hydrogen) atoms. The van der Waals surface area contributed by atoms with Crippen LogP contribution in [0.25, 0.3) is 0 Å².